The van der Waals surface area contributed by atoms with Gasteiger partial charge in [0.2, 0.25) is 11.8 Å². The molecule has 1 atom stereocenters. The fourth-order valence-corrected chi connectivity index (χ4v) is 6.26. The molecular weight excluding hydrogens is 593 g/mol. The Bertz CT molecular complexity index is 1450. The number of halogens is 3. The van der Waals surface area contributed by atoms with Crippen LogP contribution in [0.5, 0.6) is 0 Å². The van der Waals surface area contributed by atoms with Crippen LogP contribution >= 0.6 is 34.8 Å². The largest absolute Gasteiger partial charge is 0.352 e. The number of hydrogen-bond donors (Lipinski definition) is 1. The quantitative estimate of drug-likeness (QED) is 0.265. The number of benzene rings is 3. The Morgan fingerprint density at radius 3 is 2.08 bits per heavy atom. The Labute approximate surface area is 251 Å². The van der Waals surface area contributed by atoms with Crippen molar-refractivity contribution in [3.8, 4) is 0 Å². The Hall–Kier alpha value is -2.78. The van der Waals surface area contributed by atoms with Crippen LogP contribution in [0, 0.1) is 6.92 Å². The van der Waals surface area contributed by atoms with E-state index in [1.807, 2.05) is 13.8 Å². The van der Waals surface area contributed by atoms with Gasteiger partial charge in [0.15, 0.2) is 0 Å². The Morgan fingerprint density at radius 1 is 0.900 bits per heavy atom. The molecule has 40 heavy (non-hydrogen) atoms. The van der Waals surface area contributed by atoms with Gasteiger partial charge in [0.1, 0.15) is 12.6 Å². The average molecular weight is 625 g/mol. The molecule has 1 N–H and O–H groups in total. The van der Waals surface area contributed by atoms with Gasteiger partial charge in [0.05, 0.1) is 10.6 Å². The number of nitrogens with zero attached hydrogens (tertiary/aromatic N) is 2. The van der Waals surface area contributed by atoms with Crippen LogP contribution in [0.25, 0.3) is 0 Å². The second-order valence-corrected chi connectivity index (χ2v) is 12.7. The number of hydrogen-bond acceptors (Lipinski definition) is 4. The number of carbonyl (C=O) groups excluding carboxylic acids is 2. The summed E-state index contributed by atoms with van der Waals surface area (Å²) in [5.74, 6) is -0.984. The highest BCUT2D eigenvalue weighted by molar-refractivity contribution is 7.92. The van der Waals surface area contributed by atoms with Crippen LogP contribution in [-0.4, -0.2) is 43.8 Å². The highest BCUT2D eigenvalue weighted by Gasteiger charge is 2.34. The molecule has 0 saturated carbocycles. The predicted molar refractivity (Wildman–Crippen MR) is 162 cm³/mol. The topological polar surface area (TPSA) is 86.8 Å². The van der Waals surface area contributed by atoms with E-state index in [2.05, 4.69) is 5.32 Å². The number of nitrogens with one attached hydrogen (secondary N) is 1. The summed E-state index contributed by atoms with van der Waals surface area (Å²) < 4.78 is 28.7. The summed E-state index contributed by atoms with van der Waals surface area (Å²) in [5.41, 5.74) is 1.41. The first-order chi connectivity index (χ1) is 18.9. The SMILES string of the molecule is CC[C@H](C(=O)NC(C)C)N(Cc1c(Cl)cccc1Cl)C(=O)CN(c1ccc(C)c(Cl)c1)S(=O)(=O)c1ccccc1. The van der Waals surface area contributed by atoms with Crippen molar-refractivity contribution in [2.45, 2.75) is 57.6 Å². The van der Waals surface area contributed by atoms with Gasteiger partial charge in [-0.1, -0.05) is 72.1 Å². The van der Waals surface area contributed by atoms with Gasteiger partial charge in [-0.25, -0.2) is 8.42 Å². The zero-order valence-corrected chi connectivity index (χ0v) is 25.8. The molecule has 0 spiro atoms. The summed E-state index contributed by atoms with van der Waals surface area (Å²) in [7, 11) is -4.20. The molecule has 2 amide bonds. The molecule has 0 heterocycles. The van der Waals surface area contributed by atoms with Crippen LogP contribution in [-0.2, 0) is 26.2 Å². The van der Waals surface area contributed by atoms with Crippen molar-refractivity contribution in [1.29, 1.82) is 0 Å². The Balaban J connectivity index is 2.12. The van der Waals surface area contributed by atoms with E-state index in [1.54, 1.807) is 62.4 Å². The van der Waals surface area contributed by atoms with E-state index in [0.29, 0.717) is 20.6 Å². The van der Waals surface area contributed by atoms with Crippen LogP contribution in [0.2, 0.25) is 15.1 Å². The maximum atomic E-state index is 14.1. The third kappa shape index (κ3) is 7.49. The summed E-state index contributed by atoms with van der Waals surface area (Å²) >= 11 is 19.2. The van der Waals surface area contributed by atoms with E-state index in [1.165, 1.54) is 23.1 Å². The monoisotopic (exact) mass is 623 g/mol. The highest BCUT2D eigenvalue weighted by atomic mass is 35.5. The average Bonchev–Trinajstić information content (AvgIpc) is 2.90. The molecule has 3 aromatic carbocycles. The molecule has 11 heteroatoms. The number of aryl methyl sites for hydroxylation is 1. The highest BCUT2D eigenvalue weighted by Crippen LogP contribution is 2.30. The van der Waals surface area contributed by atoms with E-state index in [4.69, 9.17) is 34.8 Å². The molecular formula is C29H32Cl3N3O4S. The molecule has 0 aliphatic carbocycles. The molecule has 3 aromatic rings. The smallest absolute Gasteiger partial charge is 0.264 e. The molecule has 0 unspecified atom stereocenters. The minimum atomic E-state index is -4.20. The molecule has 0 fully saturated rings. The normalized spacial score (nSPS) is 12.2. The van der Waals surface area contributed by atoms with Crippen LogP contribution in [0.15, 0.2) is 71.6 Å². The molecule has 3 rings (SSSR count). The first kappa shape index (κ1) is 31.7. The van der Waals surface area contributed by atoms with Crippen LogP contribution in [0.3, 0.4) is 0 Å². The summed E-state index contributed by atoms with van der Waals surface area (Å²) in [6, 6.07) is 16.5. The van der Waals surface area contributed by atoms with Crippen molar-refractivity contribution in [1.82, 2.24) is 10.2 Å². The number of anilines is 1. The first-order valence-electron chi connectivity index (χ1n) is 12.7. The van der Waals surface area contributed by atoms with Gasteiger partial charge in [0, 0.05) is 33.2 Å². The summed E-state index contributed by atoms with van der Waals surface area (Å²) in [4.78, 5) is 28.7. The lowest BCUT2D eigenvalue weighted by Gasteiger charge is -2.34. The van der Waals surface area contributed by atoms with Crippen molar-refractivity contribution in [2.24, 2.45) is 0 Å². The van der Waals surface area contributed by atoms with Gasteiger partial charge in [-0.3, -0.25) is 13.9 Å². The van der Waals surface area contributed by atoms with Crippen molar-refractivity contribution in [3.63, 3.8) is 0 Å². The zero-order valence-electron chi connectivity index (χ0n) is 22.7. The van der Waals surface area contributed by atoms with Gasteiger partial charge >= 0.3 is 0 Å². The van der Waals surface area contributed by atoms with E-state index in [0.717, 1.165) is 9.87 Å². The van der Waals surface area contributed by atoms with E-state index >= 15 is 0 Å². The van der Waals surface area contributed by atoms with Gasteiger partial charge in [-0.05, 0) is 69.2 Å². The number of sulfonamides is 1. The second kappa shape index (κ2) is 13.7. The fourth-order valence-electron chi connectivity index (χ4n) is 4.14. The Kier molecular flexibility index (Phi) is 10.9. The number of amides is 2. The minimum absolute atomic E-state index is 0.00443. The lowest BCUT2D eigenvalue weighted by Crippen LogP contribution is -2.53. The molecule has 0 aliphatic heterocycles. The fraction of sp³-hybridized carbons (Fsp3) is 0.310. The van der Waals surface area contributed by atoms with E-state index in [-0.39, 0.29) is 35.5 Å². The molecule has 0 aliphatic rings. The van der Waals surface area contributed by atoms with Crippen molar-refractivity contribution in [3.05, 3.63) is 92.9 Å². The second-order valence-electron chi connectivity index (χ2n) is 9.57. The molecule has 0 radical (unpaired) electrons. The van der Waals surface area contributed by atoms with E-state index in [9.17, 15) is 18.0 Å². The summed E-state index contributed by atoms with van der Waals surface area (Å²) in [6.07, 6.45) is 0.272. The lowest BCUT2D eigenvalue weighted by molar-refractivity contribution is -0.140. The van der Waals surface area contributed by atoms with Crippen molar-refractivity contribution >= 4 is 62.3 Å². The molecule has 214 valence electrons. The molecule has 0 bridgehead atoms. The van der Waals surface area contributed by atoms with Gasteiger partial charge in [-0.2, -0.15) is 0 Å². The number of carbonyl (C=O) groups is 2. The van der Waals surface area contributed by atoms with Crippen molar-refractivity contribution < 1.29 is 18.0 Å². The third-order valence-corrected chi connectivity index (χ3v) is 9.16. The van der Waals surface area contributed by atoms with Crippen LogP contribution in [0.4, 0.5) is 5.69 Å². The molecule has 0 saturated heterocycles. The van der Waals surface area contributed by atoms with E-state index < -0.39 is 28.5 Å². The maximum absolute atomic E-state index is 14.1. The van der Waals surface area contributed by atoms with Crippen molar-refractivity contribution in [2.75, 3.05) is 10.8 Å². The Morgan fingerprint density at radius 2 is 1.52 bits per heavy atom. The van der Waals surface area contributed by atoms with Gasteiger partial charge < -0.3 is 10.2 Å². The summed E-state index contributed by atoms with van der Waals surface area (Å²) in [5, 5.41) is 3.84. The first-order valence-corrected chi connectivity index (χ1v) is 15.3. The number of rotatable bonds is 11. The third-order valence-electron chi connectivity index (χ3n) is 6.26. The van der Waals surface area contributed by atoms with Gasteiger partial charge in [0.25, 0.3) is 10.0 Å². The standard InChI is InChI=1S/C29H32Cl3N3O4S/c1-5-27(29(37)33-19(2)3)34(17-23-24(30)12-9-13-25(23)31)28(36)18-35(21-15-14-20(4)26(32)16-21)40(38,39)22-10-7-6-8-11-22/h6-16,19,27H,5,17-18H2,1-4H3,(H,33,37)/t27-/m1/s1. The lowest BCUT2D eigenvalue weighted by atomic mass is 10.1. The maximum Gasteiger partial charge on any atom is 0.264 e. The predicted octanol–water partition coefficient (Wildman–Crippen LogP) is 6.48. The minimum Gasteiger partial charge on any atom is -0.352 e. The van der Waals surface area contributed by atoms with Crippen LogP contribution < -0.4 is 9.62 Å². The van der Waals surface area contributed by atoms with Crippen LogP contribution in [0.1, 0.15) is 38.3 Å². The van der Waals surface area contributed by atoms with Gasteiger partial charge in [-0.15, -0.1) is 0 Å². The molecule has 7 nitrogen and oxygen atoms in total. The molecule has 0 aromatic heterocycles. The zero-order chi connectivity index (χ0) is 29.6. The summed E-state index contributed by atoms with van der Waals surface area (Å²) in [6.45, 7) is 6.51.